The van der Waals surface area contributed by atoms with Crippen molar-refractivity contribution in [3.05, 3.63) is 65.9 Å². The van der Waals surface area contributed by atoms with Crippen molar-refractivity contribution in [2.75, 3.05) is 26.2 Å². The minimum atomic E-state index is 0.658. The van der Waals surface area contributed by atoms with Crippen LogP contribution in [0, 0.1) is 6.92 Å². The molecule has 7 heterocycles. The van der Waals surface area contributed by atoms with Crippen LogP contribution in [0.2, 0.25) is 0 Å². The molecule has 0 atom stereocenters. The molecule has 190 valence electrons. The van der Waals surface area contributed by atoms with Gasteiger partial charge in [-0.2, -0.15) is 5.10 Å². The van der Waals surface area contributed by atoms with Crippen molar-refractivity contribution in [1.29, 1.82) is 0 Å². The fourth-order valence-electron chi connectivity index (χ4n) is 5.12. The third kappa shape index (κ3) is 4.33. The van der Waals surface area contributed by atoms with Crippen molar-refractivity contribution in [2.24, 2.45) is 0 Å². The van der Waals surface area contributed by atoms with Gasteiger partial charge in [0.1, 0.15) is 23.6 Å². The van der Waals surface area contributed by atoms with Gasteiger partial charge in [0.05, 0.1) is 33.7 Å². The van der Waals surface area contributed by atoms with E-state index in [2.05, 4.69) is 55.2 Å². The Labute approximate surface area is 223 Å². The molecule has 6 aromatic rings. The van der Waals surface area contributed by atoms with E-state index in [0.29, 0.717) is 6.61 Å². The van der Waals surface area contributed by atoms with Gasteiger partial charge in [0, 0.05) is 40.3 Å². The monoisotopic (exact) mass is 521 g/mol. The number of thiophene rings is 1. The summed E-state index contributed by atoms with van der Waals surface area (Å²) >= 11 is 1.75. The van der Waals surface area contributed by atoms with Crippen molar-refractivity contribution in [3.8, 4) is 39.0 Å². The number of hydrogen-bond donors (Lipinski definition) is 2. The molecular formula is C29H27N7OS. The van der Waals surface area contributed by atoms with Crippen LogP contribution in [0.4, 0.5) is 0 Å². The SMILES string of the molecule is Cc1ccc(-c2nccc3[nH]c(-c4n[nH]c5ccc(-c6cncc(OCCN7CCCC7)c6)nc45)cc23)s1. The molecule has 1 aliphatic heterocycles. The van der Waals surface area contributed by atoms with Crippen molar-refractivity contribution in [2.45, 2.75) is 19.8 Å². The van der Waals surface area contributed by atoms with Gasteiger partial charge in [0.2, 0.25) is 0 Å². The number of nitrogens with one attached hydrogen (secondary N) is 2. The van der Waals surface area contributed by atoms with Gasteiger partial charge >= 0.3 is 0 Å². The van der Waals surface area contributed by atoms with Crippen molar-refractivity contribution < 1.29 is 4.74 Å². The van der Waals surface area contributed by atoms with Gasteiger partial charge in [-0.3, -0.25) is 20.0 Å². The highest BCUT2D eigenvalue weighted by molar-refractivity contribution is 7.15. The normalized spacial score (nSPS) is 14.1. The van der Waals surface area contributed by atoms with Crippen molar-refractivity contribution in [3.63, 3.8) is 0 Å². The molecule has 7 rings (SSSR count). The zero-order chi connectivity index (χ0) is 25.5. The Hall–Kier alpha value is -4.08. The molecule has 0 bridgehead atoms. The number of aromatic nitrogens is 6. The molecule has 0 radical (unpaired) electrons. The van der Waals surface area contributed by atoms with Gasteiger partial charge in [-0.15, -0.1) is 11.3 Å². The minimum Gasteiger partial charge on any atom is -0.491 e. The van der Waals surface area contributed by atoms with Crippen LogP contribution < -0.4 is 4.74 Å². The predicted octanol–water partition coefficient (Wildman–Crippen LogP) is 6.07. The molecule has 38 heavy (non-hydrogen) atoms. The lowest BCUT2D eigenvalue weighted by atomic mass is 10.1. The number of rotatable bonds is 7. The first-order valence-corrected chi connectivity index (χ1v) is 13.7. The molecule has 0 saturated carbocycles. The summed E-state index contributed by atoms with van der Waals surface area (Å²) in [7, 11) is 0. The summed E-state index contributed by atoms with van der Waals surface area (Å²) in [6, 6.07) is 14.4. The van der Waals surface area contributed by atoms with Crippen molar-refractivity contribution in [1.82, 2.24) is 35.0 Å². The molecule has 1 aliphatic rings. The Bertz CT molecular complexity index is 1740. The summed E-state index contributed by atoms with van der Waals surface area (Å²) < 4.78 is 6.02. The number of ether oxygens (including phenoxy) is 1. The molecule has 8 nitrogen and oxygen atoms in total. The lowest BCUT2D eigenvalue weighted by Crippen LogP contribution is -2.25. The van der Waals surface area contributed by atoms with E-state index in [1.807, 2.05) is 36.7 Å². The number of aromatic amines is 2. The summed E-state index contributed by atoms with van der Waals surface area (Å²) in [6.45, 7) is 6.05. The highest BCUT2D eigenvalue weighted by Crippen LogP contribution is 2.35. The molecule has 1 fully saturated rings. The highest BCUT2D eigenvalue weighted by atomic mass is 32.1. The van der Waals surface area contributed by atoms with Crippen LogP contribution in [0.3, 0.4) is 0 Å². The Balaban J connectivity index is 1.20. The van der Waals surface area contributed by atoms with Gasteiger partial charge in [0.15, 0.2) is 0 Å². The minimum absolute atomic E-state index is 0.658. The molecule has 0 aromatic carbocycles. The number of hydrogen-bond acceptors (Lipinski definition) is 7. The molecule has 1 saturated heterocycles. The molecule has 6 aromatic heterocycles. The lowest BCUT2D eigenvalue weighted by molar-refractivity contribution is 0.237. The summed E-state index contributed by atoms with van der Waals surface area (Å²) in [5, 5.41) is 8.82. The van der Waals surface area contributed by atoms with E-state index in [1.165, 1.54) is 30.8 Å². The third-order valence-electron chi connectivity index (χ3n) is 7.07. The number of aryl methyl sites for hydroxylation is 1. The van der Waals surface area contributed by atoms with Crippen LogP contribution in [0.25, 0.3) is 55.2 Å². The first kappa shape index (κ1) is 23.1. The standard InChI is InChI=1S/C29H27N7OS/c1-18-4-7-26(38-18)27-21-15-25(32-23(21)8-9-31-27)29-28-24(34-35-29)6-5-22(33-28)19-14-20(17-30-16-19)37-13-12-36-10-2-3-11-36/h4-9,14-17,32H,2-3,10-13H2,1H3,(H,34,35). The second kappa shape index (κ2) is 9.66. The van der Waals surface area contributed by atoms with Crippen LogP contribution >= 0.6 is 11.3 Å². The average molecular weight is 522 g/mol. The van der Waals surface area contributed by atoms with E-state index in [-0.39, 0.29) is 0 Å². The zero-order valence-electron chi connectivity index (χ0n) is 21.1. The van der Waals surface area contributed by atoms with Gasteiger partial charge in [0.25, 0.3) is 0 Å². The summed E-state index contributed by atoms with van der Waals surface area (Å²) in [6.07, 6.45) is 8.00. The maximum absolute atomic E-state index is 6.02. The average Bonchev–Trinajstić information content (AvgIpc) is 3.74. The summed E-state index contributed by atoms with van der Waals surface area (Å²) in [4.78, 5) is 22.5. The smallest absolute Gasteiger partial charge is 0.138 e. The summed E-state index contributed by atoms with van der Waals surface area (Å²) in [5.41, 5.74) is 7.08. The van der Waals surface area contributed by atoms with E-state index in [1.54, 1.807) is 17.5 Å². The zero-order valence-corrected chi connectivity index (χ0v) is 21.9. The van der Waals surface area contributed by atoms with Crippen LogP contribution in [-0.2, 0) is 0 Å². The first-order valence-electron chi connectivity index (χ1n) is 12.9. The van der Waals surface area contributed by atoms with Gasteiger partial charge in [-0.1, -0.05) is 0 Å². The van der Waals surface area contributed by atoms with Crippen molar-refractivity contribution >= 4 is 33.3 Å². The molecule has 9 heteroatoms. The fourth-order valence-corrected chi connectivity index (χ4v) is 6.00. The quantitative estimate of drug-likeness (QED) is 0.265. The van der Waals surface area contributed by atoms with E-state index in [9.17, 15) is 0 Å². The van der Waals surface area contributed by atoms with Crippen LogP contribution in [-0.4, -0.2) is 61.3 Å². The maximum Gasteiger partial charge on any atom is 0.138 e. The predicted molar refractivity (Wildman–Crippen MR) is 151 cm³/mol. The Morgan fingerprint density at radius 1 is 1.00 bits per heavy atom. The largest absolute Gasteiger partial charge is 0.491 e. The second-order valence-corrected chi connectivity index (χ2v) is 11.0. The van der Waals surface area contributed by atoms with Gasteiger partial charge in [-0.25, -0.2) is 4.98 Å². The number of H-pyrrole nitrogens is 2. The maximum atomic E-state index is 6.02. The Kier molecular flexibility index (Phi) is 5.87. The highest BCUT2D eigenvalue weighted by Gasteiger charge is 2.17. The van der Waals surface area contributed by atoms with E-state index in [4.69, 9.17) is 9.72 Å². The first-order chi connectivity index (χ1) is 18.7. The van der Waals surface area contributed by atoms with Gasteiger partial charge in [-0.05, 0) is 75.3 Å². The van der Waals surface area contributed by atoms with E-state index >= 15 is 0 Å². The fraction of sp³-hybridized carbons (Fsp3) is 0.241. The van der Waals surface area contributed by atoms with Crippen LogP contribution in [0.5, 0.6) is 5.75 Å². The number of nitrogens with zero attached hydrogens (tertiary/aromatic N) is 5. The molecule has 0 unspecified atom stereocenters. The van der Waals surface area contributed by atoms with Crippen LogP contribution in [0.1, 0.15) is 17.7 Å². The molecule has 0 aliphatic carbocycles. The molecule has 0 spiro atoms. The number of likely N-dealkylation sites (tertiary alicyclic amines) is 1. The van der Waals surface area contributed by atoms with E-state index < -0.39 is 0 Å². The second-order valence-electron chi connectivity index (χ2n) is 9.69. The molecule has 0 amide bonds. The number of fused-ring (bicyclic) bond motifs is 2. The van der Waals surface area contributed by atoms with Crippen LogP contribution in [0.15, 0.2) is 61.1 Å². The molecular weight excluding hydrogens is 494 g/mol. The Morgan fingerprint density at radius 3 is 2.79 bits per heavy atom. The van der Waals surface area contributed by atoms with E-state index in [0.717, 1.165) is 67.4 Å². The Morgan fingerprint density at radius 2 is 1.92 bits per heavy atom. The third-order valence-corrected chi connectivity index (χ3v) is 8.08. The van der Waals surface area contributed by atoms with Gasteiger partial charge < -0.3 is 9.72 Å². The topological polar surface area (TPSA) is 95.6 Å². The lowest BCUT2D eigenvalue weighted by Gasteiger charge is -2.15. The molecule has 2 N–H and O–H groups in total. The number of pyridine rings is 3. The summed E-state index contributed by atoms with van der Waals surface area (Å²) in [5.74, 6) is 0.760.